The Labute approximate surface area is 125 Å². The largest absolute Gasteiger partial charge is 0.487 e. The van der Waals surface area contributed by atoms with E-state index in [1.165, 1.54) is 0 Å². The van der Waals surface area contributed by atoms with E-state index in [-0.39, 0.29) is 0 Å². The predicted octanol–water partition coefficient (Wildman–Crippen LogP) is 2.68. The van der Waals surface area contributed by atoms with Crippen molar-refractivity contribution in [3.63, 3.8) is 0 Å². The molecule has 1 aliphatic rings. The summed E-state index contributed by atoms with van der Waals surface area (Å²) in [7, 11) is 0. The zero-order valence-electron chi connectivity index (χ0n) is 12.0. The van der Waals surface area contributed by atoms with Crippen LogP contribution in [-0.2, 0) is 11.3 Å². The number of hydrogen-bond donors (Lipinski definition) is 1. The maximum absolute atomic E-state index is 6.01. The number of ether oxygens (including phenoxy) is 2. The number of nitrogen functional groups attached to an aromatic ring is 1. The van der Waals surface area contributed by atoms with Gasteiger partial charge in [-0.2, -0.15) is 0 Å². The number of rotatable bonds is 4. The van der Waals surface area contributed by atoms with E-state index in [4.69, 9.17) is 15.2 Å². The summed E-state index contributed by atoms with van der Waals surface area (Å²) in [4.78, 5) is 2.29. The first kappa shape index (κ1) is 13.8. The quantitative estimate of drug-likeness (QED) is 0.877. The second-order valence-corrected chi connectivity index (χ2v) is 5.10. The lowest BCUT2D eigenvalue weighted by Gasteiger charge is -2.29. The Morgan fingerprint density at radius 3 is 2.57 bits per heavy atom. The van der Waals surface area contributed by atoms with E-state index in [9.17, 15) is 0 Å². The molecule has 21 heavy (non-hydrogen) atoms. The van der Waals surface area contributed by atoms with Gasteiger partial charge in [-0.3, -0.25) is 0 Å². The molecule has 1 saturated heterocycles. The number of benzene rings is 2. The van der Waals surface area contributed by atoms with Crippen molar-refractivity contribution in [1.82, 2.24) is 0 Å². The zero-order chi connectivity index (χ0) is 14.5. The lowest BCUT2D eigenvalue weighted by molar-refractivity contribution is 0.122. The molecule has 2 aromatic rings. The summed E-state index contributed by atoms with van der Waals surface area (Å²) in [6, 6.07) is 16.1. The minimum atomic E-state index is 0.525. The number of morpholine rings is 1. The first-order chi connectivity index (χ1) is 10.3. The average Bonchev–Trinajstić information content (AvgIpc) is 2.56. The van der Waals surface area contributed by atoms with E-state index in [0.717, 1.165) is 43.3 Å². The molecule has 0 radical (unpaired) electrons. The van der Waals surface area contributed by atoms with Crippen molar-refractivity contribution in [2.45, 2.75) is 6.61 Å². The number of hydrogen-bond acceptors (Lipinski definition) is 4. The molecule has 0 amide bonds. The molecule has 2 N–H and O–H groups in total. The van der Waals surface area contributed by atoms with Crippen LogP contribution in [0.1, 0.15) is 5.56 Å². The van der Waals surface area contributed by atoms with Gasteiger partial charge in [-0.15, -0.1) is 0 Å². The van der Waals surface area contributed by atoms with Crippen LogP contribution >= 0.6 is 0 Å². The van der Waals surface area contributed by atoms with E-state index in [0.29, 0.717) is 12.3 Å². The van der Waals surface area contributed by atoms with Crippen molar-refractivity contribution in [2.75, 3.05) is 36.9 Å². The summed E-state index contributed by atoms with van der Waals surface area (Å²) in [5.74, 6) is 0.739. The van der Waals surface area contributed by atoms with Crippen molar-refractivity contribution in [2.24, 2.45) is 0 Å². The SMILES string of the molecule is Nc1ccc(N2CCOCC2)cc1OCc1ccccc1. The fourth-order valence-corrected chi connectivity index (χ4v) is 2.40. The van der Waals surface area contributed by atoms with Gasteiger partial charge in [-0.05, 0) is 17.7 Å². The zero-order valence-corrected chi connectivity index (χ0v) is 12.0. The molecule has 0 unspecified atom stereocenters. The van der Waals surface area contributed by atoms with Crippen LogP contribution in [0.15, 0.2) is 48.5 Å². The van der Waals surface area contributed by atoms with Crippen LogP contribution in [0.5, 0.6) is 5.75 Å². The van der Waals surface area contributed by atoms with Gasteiger partial charge >= 0.3 is 0 Å². The minimum absolute atomic E-state index is 0.525. The Hall–Kier alpha value is -2.20. The first-order valence-corrected chi connectivity index (χ1v) is 7.22. The molecule has 2 aromatic carbocycles. The summed E-state index contributed by atoms with van der Waals surface area (Å²) in [5.41, 5.74) is 8.95. The van der Waals surface area contributed by atoms with Gasteiger partial charge < -0.3 is 20.1 Å². The molecule has 0 bridgehead atoms. The van der Waals surface area contributed by atoms with Crippen LogP contribution < -0.4 is 15.4 Å². The van der Waals surface area contributed by atoms with E-state index in [1.807, 2.05) is 48.5 Å². The number of nitrogens with zero attached hydrogens (tertiary/aromatic N) is 1. The van der Waals surface area contributed by atoms with Crippen molar-refractivity contribution in [3.8, 4) is 5.75 Å². The van der Waals surface area contributed by atoms with E-state index >= 15 is 0 Å². The third kappa shape index (κ3) is 3.47. The average molecular weight is 284 g/mol. The molecule has 4 heteroatoms. The molecule has 0 aromatic heterocycles. The van der Waals surface area contributed by atoms with Gasteiger partial charge in [0.1, 0.15) is 12.4 Å². The van der Waals surface area contributed by atoms with E-state index in [2.05, 4.69) is 4.90 Å². The second-order valence-electron chi connectivity index (χ2n) is 5.10. The van der Waals surface area contributed by atoms with Crippen LogP contribution in [0, 0.1) is 0 Å². The molecule has 0 spiro atoms. The van der Waals surface area contributed by atoms with Gasteiger partial charge in [0.05, 0.1) is 18.9 Å². The lowest BCUT2D eigenvalue weighted by atomic mass is 10.2. The molecule has 3 rings (SSSR count). The molecule has 4 nitrogen and oxygen atoms in total. The number of nitrogens with two attached hydrogens (primary N) is 1. The summed E-state index contributed by atoms with van der Waals surface area (Å²) >= 11 is 0. The second kappa shape index (κ2) is 6.50. The highest BCUT2D eigenvalue weighted by atomic mass is 16.5. The lowest BCUT2D eigenvalue weighted by Crippen LogP contribution is -2.36. The monoisotopic (exact) mass is 284 g/mol. The van der Waals surface area contributed by atoms with Gasteiger partial charge in [0.2, 0.25) is 0 Å². The Morgan fingerprint density at radius 2 is 1.81 bits per heavy atom. The highest BCUT2D eigenvalue weighted by Gasteiger charge is 2.13. The summed E-state index contributed by atoms with van der Waals surface area (Å²) in [6.45, 7) is 3.87. The molecule has 0 aliphatic carbocycles. The van der Waals surface area contributed by atoms with Crippen LogP contribution in [0.4, 0.5) is 11.4 Å². The van der Waals surface area contributed by atoms with Crippen LogP contribution in [0.2, 0.25) is 0 Å². The first-order valence-electron chi connectivity index (χ1n) is 7.22. The van der Waals surface area contributed by atoms with Crippen molar-refractivity contribution in [1.29, 1.82) is 0 Å². The topological polar surface area (TPSA) is 47.7 Å². The van der Waals surface area contributed by atoms with Crippen LogP contribution in [0.3, 0.4) is 0 Å². The summed E-state index contributed by atoms with van der Waals surface area (Å²) < 4.78 is 11.3. The van der Waals surface area contributed by atoms with Crippen LogP contribution in [-0.4, -0.2) is 26.3 Å². The predicted molar refractivity (Wildman–Crippen MR) is 84.7 cm³/mol. The van der Waals surface area contributed by atoms with Crippen molar-refractivity contribution in [3.05, 3.63) is 54.1 Å². The normalized spacial score (nSPS) is 15.0. The molecular weight excluding hydrogens is 264 g/mol. The molecule has 110 valence electrons. The maximum Gasteiger partial charge on any atom is 0.144 e. The third-order valence-corrected chi connectivity index (χ3v) is 3.61. The minimum Gasteiger partial charge on any atom is -0.487 e. The molecule has 1 aliphatic heterocycles. The number of anilines is 2. The molecule has 0 atom stereocenters. The highest BCUT2D eigenvalue weighted by Crippen LogP contribution is 2.28. The van der Waals surface area contributed by atoms with E-state index < -0.39 is 0 Å². The van der Waals surface area contributed by atoms with Crippen molar-refractivity contribution >= 4 is 11.4 Å². The Morgan fingerprint density at radius 1 is 1.05 bits per heavy atom. The summed E-state index contributed by atoms with van der Waals surface area (Å²) in [5, 5.41) is 0. The Balaban J connectivity index is 1.72. The van der Waals surface area contributed by atoms with Crippen molar-refractivity contribution < 1.29 is 9.47 Å². The maximum atomic E-state index is 6.01. The van der Waals surface area contributed by atoms with Gasteiger partial charge in [-0.25, -0.2) is 0 Å². The van der Waals surface area contributed by atoms with Gasteiger partial charge in [0, 0.05) is 24.8 Å². The third-order valence-electron chi connectivity index (χ3n) is 3.61. The Bertz CT molecular complexity index is 581. The highest BCUT2D eigenvalue weighted by molar-refractivity contribution is 5.62. The fourth-order valence-electron chi connectivity index (χ4n) is 2.40. The standard InChI is InChI=1S/C17H20N2O2/c18-16-7-6-15(19-8-10-20-11-9-19)12-17(16)21-13-14-4-2-1-3-5-14/h1-7,12H,8-11,13,18H2. The van der Waals surface area contributed by atoms with Gasteiger partial charge in [0.15, 0.2) is 0 Å². The molecule has 1 fully saturated rings. The van der Waals surface area contributed by atoms with E-state index in [1.54, 1.807) is 0 Å². The summed E-state index contributed by atoms with van der Waals surface area (Å²) in [6.07, 6.45) is 0. The van der Waals surface area contributed by atoms with Gasteiger partial charge in [0.25, 0.3) is 0 Å². The Kier molecular flexibility index (Phi) is 4.26. The molecular formula is C17H20N2O2. The van der Waals surface area contributed by atoms with Gasteiger partial charge in [-0.1, -0.05) is 30.3 Å². The molecule has 0 saturated carbocycles. The van der Waals surface area contributed by atoms with Crippen LogP contribution in [0.25, 0.3) is 0 Å². The smallest absolute Gasteiger partial charge is 0.144 e. The molecule has 1 heterocycles. The fraction of sp³-hybridized carbons (Fsp3) is 0.294.